The number of carbonyl (C=O) groups is 1. The summed E-state index contributed by atoms with van der Waals surface area (Å²) < 4.78 is 26.1. The molecule has 0 bridgehead atoms. The van der Waals surface area contributed by atoms with Crippen molar-refractivity contribution in [1.82, 2.24) is 4.72 Å². The van der Waals surface area contributed by atoms with Crippen molar-refractivity contribution >= 4 is 15.9 Å². The summed E-state index contributed by atoms with van der Waals surface area (Å²) in [5.41, 5.74) is 1.83. The van der Waals surface area contributed by atoms with Gasteiger partial charge < -0.3 is 10.2 Å². The van der Waals surface area contributed by atoms with E-state index in [4.69, 9.17) is 0 Å². The monoisotopic (exact) mass is 421 g/mol. The standard InChI is InChI=1S/C22H31NO5S/c1-4-6-7-10-17-14-18(24)19(16-11-8-9-15(3)13-16)21(25)20(17)22(26)23-29(27,28)12-5-2/h5,12-14,16,24-25H,4,6-11H2,1-3H3,(H,23,26)/b12-5+. The Hall–Kier alpha value is -2.28. The normalized spacial score (nSPS) is 17.3. The molecule has 0 heterocycles. The molecule has 0 fully saturated rings. The third-order valence-electron chi connectivity index (χ3n) is 5.17. The van der Waals surface area contributed by atoms with Crippen molar-refractivity contribution in [2.75, 3.05) is 0 Å². The Kier molecular flexibility index (Phi) is 7.90. The quantitative estimate of drug-likeness (QED) is 0.419. The summed E-state index contributed by atoms with van der Waals surface area (Å²) in [5, 5.41) is 22.5. The van der Waals surface area contributed by atoms with Gasteiger partial charge in [-0.3, -0.25) is 4.79 Å². The van der Waals surface area contributed by atoms with Gasteiger partial charge in [0.05, 0.1) is 5.56 Å². The molecule has 1 atom stereocenters. The third-order valence-corrected chi connectivity index (χ3v) is 6.27. The fourth-order valence-electron chi connectivity index (χ4n) is 3.84. The van der Waals surface area contributed by atoms with Crippen LogP contribution in [0.3, 0.4) is 0 Å². The van der Waals surface area contributed by atoms with Gasteiger partial charge in [0.15, 0.2) is 0 Å². The van der Waals surface area contributed by atoms with E-state index >= 15 is 0 Å². The summed E-state index contributed by atoms with van der Waals surface area (Å²) in [5.74, 6) is -1.49. The van der Waals surface area contributed by atoms with E-state index in [1.54, 1.807) is 0 Å². The summed E-state index contributed by atoms with van der Waals surface area (Å²) in [4.78, 5) is 12.8. The summed E-state index contributed by atoms with van der Waals surface area (Å²) in [7, 11) is -3.96. The molecule has 0 spiro atoms. The van der Waals surface area contributed by atoms with Crippen LogP contribution >= 0.6 is 0 Å². The minimum absolute atomic E-state index is 0.0576. The predicted molar refractivity (Wildman–Crippen MR) is 115 cm³/mol. The van der Waals surface area contributed by atoms with Crippen LogP contribution in [0.1, 0.15) is 86.7 Å². The molecule has 1 aromatic rings. The van der Waals surface area contributed by atoms with E-state index in [1.807, 2.05) is 24.6 Å². The zero-order valence-electron chi connectivity index (χ0n) is 17.4. The van der Waals surface area contributed by atoms with Gasteiger partial charge >= 0.3 is 0 Å². The van der Waals surface area contributed by atoms with E-state index in [2.05, 4.69) is 0 Å². The topological polar surface area (TPSA) is 104 Å². The number of carbonyl (C=O) groups excluding carboxylic acids is 1. The summed E-state index contributed by atoms with van der Waals surface area (Å²) in [6.07, 6.45) is 9.04. The smallest absolute Gasteiger partial charge is 0.269 e. The Balaban J connectivity index is 2.55. The SMILES string of the molecule is C/C=C/S(=O)(=O)NC(=O)c1c(CCCCC)cc(O)c(C2C=C(C)CCC2)c1O. The Bertz CT molecular complexity index is 916. The molecule has 0 aromatic heterocycles. The van der Waals surface area contributed by atoms with Crippen molar-refractivity contribution in [2.45, 2.75) is 71.6 Å². The van der Waals surface area contributed by atoms with Gasteiger partial charge in [0, 0.05) is 16.9 Å². The Morgan fingerprint density at radius 3 is 2.66 bits per heavy atom. The number of unbranched alkanes of at least 4 members (excludes halogenated alkanes) is 2. The van der Waals surface area contributed by atoms with Crippen molar-refractivity contribution in [3.8, 4) is 11.5 Å². The van der Waals surface area contributed by atoms with Gasteiger partial charge in [-0.25, -0.2) is 13.1 Å². The van der Waals surface area contributed by atoms with E-state index in [-0.39, 0.29) is 28.5 Å². The lowest BCUT2D eigenvalue weighted by molar-refractivity contribution is 0.0978. The van der Waals surface area contributed by atoms with Crippen molar-refractivity contribution in [3.63, 3.8) is 0 Å². The minimum Gasteiger partial charge on any atom is -0.507 e. The van der Waals surface area contributed by atoms with Gasteiger partial charge in [-0.1, -0.05) is 37.5 Å². The first-order valence-electron chi connectivity index (χ1n) is 10.1. The number of hydrogen-bond acceptors (Lipinski definition) is 5. The number of aryl methyl sites for hydroxylation is 1. The van der Waals surface area contributed by atoms with Crippen LogP contribution in [-0.2, 0) is 16.4 Å². The highest BCUT2D eigenvalue weighted by atomic mass is 32.2. The fourth-order valence-corrected chi connectivity index (χ4v) is 4.62. The first-order chi connectivity index (χ1) is 13.7. The molecule has 0 radical (unpaired) electrons. The van der Waals surface area contributed by atoms with Crippen LogP contribution in [0.25, 0.3) is 0 Å². The van der Waals surface area contributed by atoms with E-state index in [0.717, 1.165) is 49.5 Å². The van der Waals surface area contributed by atoms with Crippen molar-refractivity contribution in [2.24, 2.45) is 0 Å². The highest BCUT2D eigenvalue weighted by Gasteiger charge is 2.28. The summed E-state index contributed by atoms with van der Waals surface area (Å²) in [6.45, 7) is 5.58. The number of phenols is 2. The molecule has 3 N–H and O–H groups in total. The van der Waals surface area contributed by atoms with Crippen LogP contribution in [-0.4, -0.2) is 24.5 Å². The number of rotatable bonds is 8. The van der Waals surface area contributed by atoms with E-state index in [0.29, 0.717) is 12.0 Å². The zero-order chi connectivity index (χ0) is 21.6. The highest BCUT2D eigenvalue weighted by Crippen LogP contribution is 2.44. The Morgan fingerprint density at radius 2 is 2.03 bits per heavy atom. The van der Waals surface area contributed by atoms with E-state index < -0.39 is 15.9 Å². The largest absolute Gasteiger partial charge is 0.507 e. The molecule has 6 nitrogen and oxygen atoms in total. The van der Waals surface area contributed by atoms with E-state index in [1.165, 1.54) is 19.1 Å². The molecule has 0 saturated carbocycles. The second kappa shape index (κ2) is 9.96. The molecule has 29 heavy (non-hydrogen) atoms. The van der Waals surface area contributed by atoms with E-state index in [9.17, 15) is 23.4 Å². The van der Waals surface area contributed by atoms with Gasteiger partial charge in [-0.2, -0.15) is 0 Å². The lowest BCUT2D eigenvalue weighted by Gasteiger charge is -2.24. The maximum absolute atomic E-state index is 12.8. The van der Waals surface area contributed by atoms with Crippen molar-refractivity contribution < 1.29 is 23.4 Å². The van der Waals surface area contributed by atoms with Crippen LogP contribution in [0.2, 0.25) is 0 Å². The van der Waals surface area contributed by atoms with Crippen LogP contribution in [0.4, 0.5) is 0 Å². The van der Waals surface area contributed by atoms with Gasteiger partial charge in [0.25, 0.3) is 15.9 Å². The number of amides is 1. The lowest BCUT2D eigenvalue weighted by Crippen LogP contribution is -2.30. The molecule has 1 unspecified atom stereocenters. The molecule has 160 valence electrons. The first kappa shape index (κ1) is 23.0. The number of allylic oxidation sites excluding steroid dienone is 3. The zero-order valence-corrected chi connectivity index (χ0v) is 18.2. The molecule has 0 saturated heterocycles. The Labute approximate surface area is 173 Å². The predicted octanol–water partition coefficient (Wildman–Crippen LogP) is 4.64. The molecule has 2 rings (SSSR count). The van der Waals surface area contributed by atoms with Gasteiger partial charge in [-0.15, -0.1) is 0 Å². The molecular formula is C22H31NO5S. The molecule has 1 aliphatic carbocycles. The molecule has 7 heteroatoms. The van der Waals surface area contributed by atoms with Crippen LogP contribution in [0.15, 0.2) is 29.2 Å². The van der Waals surface area contributed by atoms with Crippen molar-refractivity contribution in [1.29, 1.82) is 0 Å². The lowest BCUT2D eigenvalue weighted by atomic mass is 9.83. The second-order valence-electron chi connectivity index (χ2n) is 7.61. The average molecular weight is 422 g/mol. The maximum atomic E-state index is 12.8. The van der Waals surface area contributed by atoms with Gasteiger partial charge in [0.2, 0.25) is 0 Å². The minimum atomic E-state index is -3.96. The summed E-state index contributed by atoms with van der Waals surface area (Å²) >= 11 is 0. The van der Waals surface area contributed by atoms with Gasteiger partial charge in [-0.05, 0) is 57.6 Å². The maximum Gasteiger partial charge on any atom is 0.269 e. The van der Waals surface area contributed by atoms with Gasteiger partial charge in [0.1, 0.15) is 11.5 Å². The Morgan fingerprint density at radius 1 is 1.31 bits per heavy atom. The number of phenolic OH excluding ortho intramolecular Hbond substituents is 2. The molecule has 1 amide bonds. The number of sulfonamides is 1. The number of nitrogens with one attached hydrogen (secondary N) is 1. The van der Waals surface area contributed by atoms with Crippen LogP contribution < -0.4 is 4.72 Å². The fraction of sp³-hybridized carbons (Fsp3) is 0.500. The second-order valence-corrected chi connectivity index (χ2v) is 9.17. The van der Waals surface area contributed by atoms with Crippen LogP contribution in [0.5, 0.6) is 11.5 Å². The first-order valence-corrected chi connectivity index (χ1v) is 11.7. The molecular weight excluding hydrogens is 390 g/mol. The molecule has 1 aliphatic rings. The van der Waals surface area contributed by atoms with Crippen LogP contribution in [0, 0.1) is 0 Å². The number of benzene rings is 1. The molecule has 1 aromatic carbocycles. The number of hydrogen-bond donors (Lipinski definition) is 3. The average Bonchev–Trinajstić information content (AvgIpc) is 2.61. The summed E-state index contributed by atoms with van der Waals surface area (Å²) in [6, 6.07) is 1.50. The molecule has 0 aliphatic heterocycles. The highest BCUT2D eigenvalue weighted by molar-refractivity contribution is 7.92. The van der Waals surface area contributed by atoms with Crippen molar-refractivity contribution in [3.05, 3.63) is 45.9 Å². The third kappa shape index (κ3) is 5.85. The number of aromatic hydroxyl groups is 2.